The Kier molecular flexibility index (Phi) is 6.11. The lowest BCUT2D eigenvalue weighted by molar-refractivity contribution is 0.0994. The van der Waals surface area contributed by atoms with Crippen LogP contribution in [0.2, 0.25) is 0 Å². The van der Waals surface area contributed by atoms with Gasteiger partial charge in [0.15, 0.2) is 5.69 Å². The van der Waals surface area contributed by atoms with Crippen LogP contribution in [0.5, 0.6) is 0 Å². The van der Waals surface area contributed by atoms with E-state index in [4.69, 9.17) is 17.5 Å². The molecule has 1 heterocycles. The lowest BCUT2D eigenvalue weighted by Gasteiger charge is -2.23. The highest BCUT2D eigenvalue weighted by Crippen LogP contribution is 2.28. The number of nitrogens with zero attached hydrogens (tertiary/aromatic N) is 3. The standard InChI is InChI=1S/C19H23ClF2N4O/c1-2-3-15-10-17(24-25(15)11-18(21)22)19(27)26(20)16-7-5-12-8-14(23)6-4-13(12)9-16/h5,7,9-10,14,18H,2-4,6,8,11,23H2,1H3/t14-/m1/s1. The van der Waals surface area contributed by atoms with Crippen LogP contribution in [0.3, 0.4) is 0 Å². The highest BCUT2D eigenvalue weighted by Gasteiger charge is 2.23. The van der Waals surface area contributed by atoms with Gasteiger partial charge in [0.25, 0.3) is 12.3 Å². The van der Waals surface area contributed by atoms with Gasteiger partial charge in [-0.3, -0.25) is 9.48 Å². The molecule has 0 saturated carbocycles. The van der Waals surface area contributed by atoms with Crippen LogP contribution in [0.15, 0.2) is 24.3 Å². The van der Waals surface area contributed by atoms with Crippen molar-refractivity contribution in [1.82, 2.24) is 9.78 Å². The summed E-state index contributed by atoms with van der Waals surface area (Å²) in [6.07, 6.45) is 1.33. The molecule has 0 radical (unpaired) electrons. The molecule has 146 valence electrons. The quantitative estimate of drug-likeness (QED) is 0.757. The smallest absolute Gasteiger partial charge is 0.293 e. The maximum Gasteiger partial charge on any atom is 0.293 e. The first-order chi connectivity index (χ1) is 12.9. The Hall–Kier alpha value is -1.99. The zero-order valence-electron chi connectivity index (χ0n) is 15.2. The Morgan fingerprint density at radius 2 is 2.19 bits per heavy atom. The fourth-order valence-corrected chi connectivity index (χ4v) is 3.61. The minimum absolute atomic E-state index is 0.0637. The fraction of sp³-hybridized carbons (Fsp3) is 0.474. The van der Waals surface area contributed by atoms with Gasteiger partial charge in [-0.15, -0.1) is 0 Å². The first kappa shape index (κ1) is 19.8. The van der Waals surface area contributed by atoms with Crippen LogP contribution in [0, 0.1) is 0 Å². The molecule has 3 rings (SSSR count). The van der Waals surface area contributed by atoms with Gasteiger partial charge in [0.2, 0.25) is 0 Å². The maximum absolute atomic E-state index is 12.8. The average molecular weight is 397 g/mol. The summed E-state index contributed by atoms with van der Waals surface area (Å²) in [5.74, 6) is -0.533. The van der Waals surface area contributed by atoms with Crippen molar-refractivity contribution in [3.05, 3.63) is 46.8 Å². The number of nitrogens with two attached hydrogens (primary N) is 1. The molecular formula is C19H23ClF2N4O. The number of benzene rings is 1. The molecule has 1 amide bonds. The minimum atomic E-state index is -2.54. The number of hydrogen-bond donors (Lipinski definition) is 1. The van der Waals surface area contributed by atoms with Crippen LogP contribution in [0.25, 0.3) is 0 Å². The summed E-state index contributed by atoms with van der Waals surface area (Å²) in [4.78, 5) is 12.7. The molecule has 1 atom stereocenters. The van der Waals surface area contributed by atoms with E-state index in [1.807, 2.05) is 19.1 Å². The van der Waals surface area contributed by atoms with E-state index in [1.54, 1.807) is 12.1 Å². The van der Waals surface area contributed by atoms with Crippen molar-refractivity contribution in [2.45, 2.75) is 58.0 Å². The summed E-state index contributed by atoms with van der Waals surface area (Å²) in [6, 6.07) is 7.29. The van der Waals surface area contributed by atoms with Crippen molar-refractivity contribution in [1.29, 1.82) is 0 Å². The first-order valence-electron chi connectivity index (χ1n) is 9.11. The number of hydrogen-bond acceptors (Lipinski definition) is 3. The van der Waals surface area contributed by atoms with E-state index in [2.05, 4.69) is 5.10 Å². The van der Waals surface area contributed by atoms with E-state index in [0.29, 0.717) is 17.8 Å². The van der Waals surface area contributed by atoms with Gasteiger partial charge in [-0.25, -0.2) is 13.2 Å². The van der Waals surface area contributed by atoms with Crippen molar-refractivity contribution in [3.63, 3.8) is 0 Å². The number of anilines is 1. The Morgan fingerprint density at radius 1 is 1.41 bits per heavy atom. The second kappa shape index (κ2) is 8.35. The Morgan fingerprint density at radius 3 is 2.89 bits per heavy atom. The number of halogens is 3. The third-order valence-electron chi connectivity index (χ3n) is 4.76. The van der Waals surface area contributed by atoms with E-state index >= 15 is 0 Å². The third-order valence-corrected chi connectivity index (χ3v) is 5.11. The Labute approximate surface area is 162 Å². The second-order valence-corrected chi connectivity index (χ2v) is 7.22. The van der Waals surface area contributed by atoms with E-state index in [1.165, 1.54) is 10.2 Å². The number of aromatic nitrogens is 2. The number of alkyl halides is 2. The molecule has 1 aliphatic rings. The molecule has 2 aromatic rings. The number of amides is 1. The highest BCUT2D eigenvalue weighted by atomic mass is 35.5. The van der Waals surface area contributed by atoms with Gasteiger partial charge in [0.05, 0.1) is 5.69 Å². The molecule has 0 spiro atoms. The zero-order valence-corrected chi connectivity index (χ0v) is 15.9. The number of rotatable bonds is 6. The number of carbonyl (C=O) groups is 1. The molecule has 0 aliphatic heterocycles. The summed E-state index contributed by atoms with van der Waals surface area (Å²) in [5.41, 5.74) is 9.49. The zero-order chi connectivity index (χ0) is 19.6. The second-order valence-electron chi connectivity index (χ2n) is 6.89. The van der Waals surface area contributed by atoms with Crippen LogP contribution >= 0.6 is 11.8 Å². The SMILES string of the molecule is CCCc1cc(C(=O)N(Cl)c2ccc3c(c2)CC[C@@H](N)C3)nn1CC(F)F. The molecule has 5 nitrogen and oxygen atoms in total. The first-order valence-corrected chi connectivity index (χ1v) is 9.45. The molecule has 1 aliphatic carbocycles. The van der Waals surface area contributed by atoms with E-state index in [-0.39, 0.29) is 11.7 Å². The van der Waals surface area contributed by atoms with Crippen molar-refractivity contribution in [2.75, 3.05) is 4.42 Å². The third kappa shape index (κ3) is 4.47. The lowest BCUT2D eigenvalue weighted by atomic mass is 9.88. The van der Waals surface area contributed by atoms with Crippen LogP contribution in [-0.2, 0) is 25.8 Å². The van der Waals surface area contributed by atoms with Crippen LogP contribution in [0.1, 0.15) is 47.1 Å². The molecule has 1 aromatic carbocycles. The largest absolute Gasteiger partial charge is 0.327 e. The minimum Gasteiger partial charge on any atom is -0.327 e. The van der Waals surface area contributed by atoms with Gasteiger partial charge in [0, 0.05) is 23.5 Å². The monoisotopic (exact) mass is 396 g/mol. The normalized spacial score (nSPS) is 16.4. The van der Waals surface area contributed by atoms with Crippen molar-refractivity contribution >= 4 is 23.4 Å². The average Bonchev–Trinajstić information content (AvgIpc) is 3.02. The van der Waals surface area contributed by atoms with Crippen LogP contribution in [-0.4, -0.2) is 28.2 Å². The number of carbonyl (C=O) groups excluding carboxylic acids is 1. The van der Waals surface area contributed by atoms with E-state index in [9.17, 15) is 13.6 Å². The predicted octanol–water partition coefficient (Wildman–Crippen LogP) is 3.72. The Balaban J connectivity index is 1.83. The van der Waals surface area contributed by atoms with Gasteiger partial charge in [-0.05, 0) is 55.0 Å². The topological polar surface area (TPSA) is 64.2 Å². The van der Waals surface area contributed by atoms with Crippen molar-refractivity contribution in [2.24, 2.45) is 5.73 Å². The molecule has 0 unspecified atom stereocenters. The van der Waals surface area contributed by atoms with Gasteiger partial charge in [-0.1, -0.05) is 19.4 Å². The summed E-state index contributed by atoms with van der Waals surface area (Å²) >= 11 is 6.27. The summed E-state index contributed by atoms with van der Waals surface area (Å²) < 4.78 is 27.7. The summed E-state index contributed by atoms with van der Waals surface area (Å²) in [5, 5.41) is 4.06. The van der Waals surface area contributed by atoms with Crippen LogP contribution < -0.4 is 10.2 Å². The molecule has 0 saturated heterocycles. The van der Waals surface area contributed by atoms with Gasteiger partial charge >= 0.3 is 0 Å². The van der Waals surface area contributed by atoms with Crippen molar-refractivity contribution in [3.8, 4) is 0 Å². The van der Waals surface area contributed by atoms with Gasteiger partial charge < -0.3 is 5.73 Å². The maximum atomic E-state index is 12.8. The molecule has 8 heteroatoms. The van der Waals surface area contributed by atoms with Gasteiger partial charge in [-0.2, -0.15) is 5.10 Å². The molecule has 1 aromatic heterocycles. The van der Waals surface area contributed by atoms with Crippen molar-refractivity contribution < 1.29 is 13.6 Å². The highest BCUT2D eigenvalue weighted by molar-refractivity contribution is 6.39. The van der Waals surface area contributed by atoms with E-state index in [0.717, 1.165) is 35.7 Å². The Bertz CT molecular complexity index is 824. The summed E-state index contributed by atoms with van der Waals surface area (Å²) in [7, 11) is 0. The number of aryl methyl sites for hydroxylation is 2. The molecule has 2 N–H and O–H groups in total. The molecule has 0 fully saturated rings. The fourth-order valence-electron chi connectivity index (χ4n) is 3.42. The van der Waals surface area contributed by atoms with Gasteiger partial charge in [0.1, 0.15) is 6.54 Å². The molecule has 27 heavy (non-hydrogen) atoms. The molecular weight excluding hydrogens is 374 g/mol. The lowest BCUT2D eigenvalue weighted by Crippen LogP contribution is -2.28. The summed E-state index contributed by atoms with van der Waals surface area (Å²) in [6.45, 7) is 1.40. The van der Waals surface area contributed by atoms with Crippen LogP contribution in [0.4, 0.5) is 14.5 Å². The number of fused-ring (bicyclic) bond motifs is 1. The molecule has 0 bridgehead atoms. The van der Waals surface area contributed by atoms with E-state index < -0.39 is 18.9 Å². The predicted molar refractivity (Wildman–Crippen MR) is 101 cm³/mol.